The van der Waals surface area contributed by atoms with Crippen LogP contribution in [0.4, 0.5) is 4.39 Å². The van der Waals surface area contributed by atoms with E-state index in [9.17, 15) is 9.18 Å². The van der Waals surface area contributed by atoms with E-state index in [-0.39, 0.29) is 36.1 Å². The van der Waals surface area contributed by atoms with Gasteiger partial charge in [-0.1, -0.05) is 18.2 Å². The predicted octanol–water partition coefficient (Wildman–Crippen LogP) is 2.44. The molecule has 0 spiro atoms. The Balaban J connectivity index is 0.00000242. The lowest BCUT2D eigenvalue weighted by atomic mass is 9.96. The van der Waals surface area contributed by atoms with Crippen LogP contribution in [0.2, 0.25) is 0 Å². The number of piperidine rings is 1. The van der Waals surface area contributed by atoms with Crippen LogP contribution >= 0.6 is 12.4 Å². The van der Waals surface area contributed by atoms with Gasteiger partial charge in [-0.25, -0.2) is 4.39 Å². The molecule has 0 saturated carbocycles. The fourth-order valence-corrected chi connectivity index (χ4v) is 2.81. The third-order valence-corrected chi connectivity index (χ3v) is 4.00. The zero-order chi connectivity index (χ0) is 15.2. The minimum atomic E-state index is -0.489. The summed E-state index contributed by atoms with van der Waals surface area (Å²) in [6, 6.07) is 6.23. The molecule has 2 unspecified atom stereocenters. The Labute approximate surface area is 137 Å². The second-order valence-corrected chi connectivity index (χ2v) is 5.50. The average molecular weight is 331 g/mol. The Morgan fingerprint density at radius 1 is 1.36 bits per heavy atom. The molecule has 1 fully saturated rings. The zero-order valence-corrected chi connectivity index (χ0v) is 13.8. The Bertz CT molecular complexity index is 481. The highest BCUT2D eigenvalue weighted by molar-refractivity contribution is 5.85. The third kappa shape index (κ3) is 4.66. The topological polar surface area (TPSA) is 50.4 Å². The predicted molar refractivity (Wildman–Crippen MR) is 86.6 cm³/mol. The minimum absolute atomic E-state index is 0. The number of methoxy groups -OCH3 is 1. The van der Waals surface area contributed by atoms with E-state index in [0.717, 1.165) is 25.9 Å². The Morgan fingerprint density at radius 3 is 2.59 bits per heavy atom. The summed E-state index contributed by atoms with van der Waals surface area (Å²) in [4.78, 5) is 12.3. The van der Waals surface area contributed by atoms with Gasteiger partial charge in [0, 0.05) is 18.6 Å². The van der Waals surface area contributed by atoms with Crippen molar-refractivity contribution in [2.75, 3.05) is 20.2 Å². The van der Waals surface area contributed by atoms with Gasteiger partial charge in [-0.15, -0.1) is 12.4 Å². The molecule has 124 valence electrons. The molecule has 2 N–H and O–H groups in total. The van der Waals surface area contributed by atoms with Gasteiger partial charge >= 0.3 is 0 Å². The molecule has 2 atom stereocenters. The SMILES string of the molecule is COC(c1ccccc1F)C(C)NC(=O)C1CCNCC1.Cl. The normalized spacial score (nSPS) is 18.1. The van der Waals surface area contributed by atoms with Gasteiger partial charge in [0.2, 0.25) is 5.91 Å². The van der Waals surface area contributed by atoms with Crippen LogP contribution in [0.1, 0.15) is 31.4 Å². The van der Waals surface area contributed by atoms with Crippen molar-refractivity contribution in [3.63, 3.8) is 0 Å². The summed E-state index contributed by atoms with van der Waals surface area (Å²) in [5, 5.41) is 6.20. The van der Waals surface area contributed by atoms with Gasteiger partial charge in [-0.3, -0.25) is 4.79 Å². The number of benzene rings is 1. The first-order valence-electron chi connectivity index (χ1n) is 7.41. The van der Waals surface area contributed by atoms with Crippen LogP contribution in [-0.2, 0) is 9.53 Å². The highest BCUT2D eigenvalue weighted by atomic mass is 35.5. The van der Waals surface area contributed by atoms with Crippen molar-refractivity contribution in [1.82, 2.24) is 10.6 Å². The summed E-state index contributed by atoms with van der Waals surface area (Å²) in [7, 11) is 1.53. The molecule has 0 aliphatic carbocycles. The van der Waals surface area contributed by atoms with Crippen LogP contribution in [0.3, 0.4) is 0 Å². The number of hydrogen-bond donors (Lipinski definition) is 2. The molecular weight excluding hydrogens is 307 g/mol. The van der Waals surface area contributed by atoms with Gasteiger partial charge < -0.3 is 15.4 Å². The third-order valence-electron chi connectivity index (χ3n) is 4.00. The Hall–Kier alpha value is -1.17. The van der Waals surface area contributed by atoms with Gasteiger partial charge in [-0.05, 0) is 38.9 Å². The molecule has 1 aromatic carbocycles. The fraction of sp³-hybridized carbons (Fsp3) is 0.562. The Morgan fingerprint density at radius 2 is 2.00 bits per heavy atom. The minimum Gasteiger partial charge on any atom is -0.375 e. The number of ether oxygens (including phenoxy) is 1. The molecule has 1 heterocycles. The van der Waals surface area contributed by atoms with E-state index < -0.39 is 6.10 Å². The molecule has 22 heavy (non-hydrogen) atoms. The molecule has 0 radical (unpaired) electrons. The second kappa shape index (κ2) is 9.08. The van der Waals surface area contributed by atoms with Crippen LogP contribution in [0.5, 0.6) is 0 Å². The standard InChI is InChI=1S/C16H23FN2O2.ClH/c1-11(19-16(20)12-7-9-18-10-8-12)15(21-2)13-5-3-4-6-14(13)17;/h3-6,11-12,15,18H,7-10H2,1-2H3,(H,19,20);1H. The molecule has 6 heteroatoms. The van der Waals surface area contributed by atoms with Crippen LogP contribution < -0.4 is 10.6 Å². The lowest BCUT2D eigenvalue weighted by molar-refractivity contribution is -0.127. The van der Waals surface area contributed by atoms with Gasteiger partial charge in [0.25, 0.3) is 0 Å². The van der Waals surface area contributed by atoms with Crippen LogP contribution in [-0.4, -0.2) is 32.1 Å². The monoisotopic (exact) mass is 330 g/mol. The lowest BCUT2D eigenvalue weighted by Crippen LogP contribution is -2.44. The number of amides is 1. The van der Waals surface area contributed by atoms with Gasteiger partial charge in [-0.2, -0.15) is 0 Å². The van der Waals surface area contributed by atoms with Crippen molar-refractivity contribution in [1.29, 1.82) is 0 Å². The molecule has 1 saturated heterocycles. The molecule has 0 bridgehead atoms. The van der Waals surface area contributed by atoms with E-state index in [4.69, 9.17) is 4.74 Å². The highest BCUT2D eigenvalue weighted by Crippen LogP contribution is 2.24. The maximum atomic E-state index is 13.9. The fourth-order valence-electron chi connectivity index (χ4n) is 2.81. The quantitative estimate of drug-likeness (QED) is 0.872. The van der Waals surface area contributed by atoms with Crippen molar-refractivity contribution in [3.05, 3.63) is 35.6 Å². The van der Waals surface area contributed by atoms with Gasteiger partial charge in [0.05, 0.1) is 6.04 Å². The summed E-state index contributed by atoms with van der Waals surface area (Å²) in [6.45, 7) is 3.58. The van der Waals surface area contributed by atoms with E-state index in [1.54, 1.807) is 18.2 Å². The number of halogens is 2. The van der Waals surface area contributed by atoms with Crippen molar-refractivity contribution in [2.45, 2.75) is 31.9 Å². The molecule has 1 aromatic rings. The number of nitrogens with one attached hydrogen (secondary N) is 2. The molecule has 4 nitrogen and oxygen atoms in total. The number of rotatable bonds is 5. The first-order valence-corrected chi connectivity index (χ1v) is 7.41. The maximum Gasteiger partial charge on any atom is 0.223 e. The van der Waals surface area contributed by atoms with Crippen molar-refractivity contribution < 1.29 is 13.9 Å². The first-order chi connectivity index (χ1) is 10.1. The van der Waals surface area contributed by atoms with Crippen LogP contribution in [0, 0.1) is 11.7 Å². The number of carbonyl (C=O) groups is 1. The van der Waals surface area contributed by atoms with E-state index in [2.05, 4.69) is 10.6 Å². The summed E-state index contributed by atoms with van der Waals surface area (Å²) in [5.41, 5.74) is 0.470. The summed E-state index contributed by atoms with van der Waals surface area (Å²) in [5.74, 6) is -0.249. The van der Waals surface area contributed by atoms with E-state index in [1.165, 1.54) is 13.2 Å². The van der Waals surface area contributed by atoms with Gasteiger partial charge in [0.1, 0.15) is 11.9 Å². The van der Waals surface area contributed by atoms with Crippen LogP contribution in [0.15, 0.2) is 24.3 Å². The maximum absolute atomic E-state index is 13.9. The Kier molecular flexibility index (Phi) is 7.79. The lowest BCUT2D eigenvalue weighted by Gasteiger charge is -2.28. The van der Waals surface area contributed by atoms with Crippen molar-refractivity contribution in [3.8, 4) is 0 Å². The first kappa shape index (κ1) is 18.9. The van der Waals surface area contributed by atoms with Crippen molar-refractivity contribution >= 4 is 18.3 Å². The van der Waals surface area contributed by atoms with E-state index in [0.29, 0.717) is 5.56 Å². The molecule has 1 aliphatic rings. The van der Waals surface area contributed by atoms with E-state index >= 15 is 0 Å². The largest absolute Gasteiger partial charge is 0.375 e. The summed E-state index contributed by atoms with van der Waals surface area (Å²) in [6.07, 6.45) is 1.20. The van der Waals surface area contributed by atoms with Crippen LogP contribution in [0.25, 0.3) is 0 Å². The molecule has 2 rings (SSSR count). The summed E-state index contributed by atoms with van der Waals surface area (Å²) >= 11 is 0. The zero-order valence-electron chi connectivity index (χ0n) is 13.0. The highest BCUT2D eigenvalue weighted by Gasteiger charge is 2.27. The second-order valence-electron chi connectivity index (χ2n) is 5.50. The smallest absolute Gasteiger partial charge is 0.223 e. The molecular formula is C16H24ClFN2O2. The molecule has 0 aromatic heterocycles. The van der Waals surface area contributed by atoms with E-state index in [1.807, 2.05) is 6.92 Å². The molecule has 1 amide bonds. The number of carbonyl (C=O) groups excluding carboxylic acids is 1. The molecule has 1 aliphatic heterocycles. The van der Waals surface area contributed by atoms with Crippen molar-refractivity contribution in [2.24, 2.45) is 5.92 Å². The van der Waals surface area contributed by atoms with Gasteiger partial charge in [0.15, 0.2) is 0 Å². The average Bonchev–Trinajstić information content (AvgIpc) is 2.50. The number of hydrogen-bond acceptors (Lipinski definition) is 3. The summed E-state index contributed by atoms with van der Waals surface area (Å²) < 4.78 is 19.3.